The summed E-state index contributed by atoms with van der Waals surface area (Å²) >= 11 is 0. The summed E-state index contributed by atoms with van der Waals surface area (Å²) < 4.78 is 56.3. The molecule has 1 aromatic heterocycles. The van der Waals surface area contributed by atoms with E-state index >= 15 is 0 Å². The van der Waals surface area contributed by atoms with E-state index in [2.05, 4.69) is 15.2 Å². The molecule has 0 bridgehead atoms. The number of alkyl halides is 4. The number of hydrogen-bond donors (Lipinski definition) is 1. The maximum Gasteiger partial charge on any atom is 0.332 e. The average molecular weight is 351 g/mol. The fraction of sp³-hybridized carbons (Fsp3) is 0.500. The maximum atomic E-state index is 12.9. The lowest BCUT2D eigenvalue weighted by atomic mass is 10.2. The molecule has 0 aliphatic heterocycles. The van der Waals surface area contributed by atoms with Crippen LogP contribution >= 0.6 is 0 Å². The van der Waals surface area contributed by atoms with Crippen molar-refractivity contribution in [2.75, 3.05) is 6.61 Å². The van der Waals surface area contributed by atoms with Crippen LogP contribution in [0.5, 0.6) is 0 Å². The van der Waals surface area contributed by atoms with Crippen LogP contribution in [0.25, 0.3) is 0 Å². The third kappa shape index (κ3) is 5.07. The summed E-state index contributed by atoms with van der Waals surface area (Å²) in [6.45, 7) is 4.37. The molecule has 1 rings (SSSR count). The highest BCUT2D eigenvalue weighted by molar-refractivity contribution is 5.86. The van der Waals surface area contributed by atoms with Gasteiger partial charge < -0.3 is 10.1 Å². The molecule has 0 spiro atoms. The highest BCUT2D eigenvalue weighted by Crippen LogP contribution is 2.27. The Bertz CT molecular complexity index is 629. The highest BCUT2D eigenvalue weighted by Gasteiger charge is 2.27. The van der Waals surface area contributed by atoms with Crippen molar-refractivity contribution in [1.82, 2.24) is 15.1 Å². The fourth-order valence-corrected chi connectivity index (χ4v) is 1.82. The van der Waals surface area contributed by atoms with Gasteiger partial charge in [-0.2, -0.15) is 5.10 Å². The number of carbonyl (C=O) groups excluding carboxylic acids is 2. The van der Waals surface area contributed by atoms with Crippen molar-refractivity contribution in [2.45, 2.75) is 39.7 Å². The lowest BCUT2D eigenvalue weighted by molar-refractivity contribution is -0.137. The Labute approximate surface area is 135 Å². The number of amides is 1. The molecule has 0 saturated heterocycles. The number of ether oxygens (including phenoxy) is 1. The van der Waals surface area contributed by atoms with E-state index in [1.165, 1.54) is 13.8 Å². The van der Waals surface area contributed by atoms with E-state index < -0.39 is 42.2 Å². The molecule has 1 amide bonds. The smallest absolute Gasteiger partial charge is 0.332 e. The molecule has 1 atom stereocenters. The zero-order chi connectivity index (χ0) is 18.4. The minimum Gasteiger partial charge on any atom is -0.463 e. The first kappa shape index (κ1) is 19.7. The number of nitrogens with zero attached hydrogens (tertiary/aromatic N) is 2. The van der Waals surface area contributed by atoms with E-state index in [0.717, 1.165) is 6.08 Å². The number of nitrogens with one attached hydrogen (secondary N) is 1. The molecule has 6 nitrogen and oxygen atoms in total. The first-order chi connectivity index (χ1) is 11.2. The van der Waals surface area contributed by atoms with E-state index in [4.69, 9.17) is 0 Å². The van der Waals surface area contributed by atoms with Crippen molar-refractivity contribution in [2.24, 2.45) is 0 Å². The van der Waals surface area contributed by atoms with E-state index in [-0.39, 0.29) is 12.3 Å². The quantitative estimate of drug-likeness (QED) is 0.466. The summed E-state index contributed by atoms with van der Waals surface area (Å²) in [5, 5.41) is 5.66. The van der Waals surface area contributed by atoms with E-state index in [0.29, 0.717) is 10.7 Å². The van der Waals surface area contributed by atoms with Gasteiger partial charge in [-0.15, -0.1) is 0 Å². The first-order valence-electron chi connectivity index (χ1n) is 6.98. The van der Waals surface area contributed by atoms with Crippen molar-refractivity contribution < 1.29 is 31.9 Å². The number of esters is 1. The second-order valence-corrected chi connectivity index (χ2v) is 4.78. The number of rotatable bonds is 7. The van der Waals surface area contributed by atoms with Gasteiger partial charge in [-0.05, 0) is 26.8 Å². The van der Waals surface area contributed by atoms with Gasteiger partial charge in [0.05, 0.1) is 6.61 Å². The summed E-state index contributed by atoms with van der Waals surface area (Å²) in [5.74, 6) is -1.48. The largest absolute Gasteiger partial charge is 0.463 e. The number of aromatic nitrogens is 2. The minimum absolute atomic E-state index is 0.116. The summed E-state index contributed by atoms with van der Waals surface area (Å²) in [5.41, 5.74) is -1.52. The van der Waals surface area contributed by atoms with Crippen LogP contribution in [-0.2, 0) is 14.3 Å². The summed E-state index contributed by atoms with van der Waals surface area (Å²) in [7, 11) is 0. The number of hydrogen-bond acceptors (Lipinski definition) is 4. The zero-order valence-corrected chi connectivity index (χ0v) is 13.2. The highest BCUT2D eigenvalue weighted by atomic mass is 19.3. The second-order valence-electron chi connectivity index (χ2n) is 4.78. The van der Waals surface area contributed by atoms with Gasteiger partial charge in [0.25, 0.3) is 12.9 Å². The van der Waals surface area contributed by atoms with Crippen LogP contribution in [-0.4, -0.2) is 28.3 Å². The van der Waals surface area contributed by atoms with Gasteiger partial charge in [-0.3, -0.25) is 9.48 Å². The number of halogens is 4. The SMILES string of the molecule is CCOC(=O)/C=C(\C)NC(=O)C(C)n1nc(C(F)F)cc1C(F)F. The molecule has 0 aliphatic carbocycles. The van der Waals surface area contributed by atoms with Crippen molar-refractivity contribution in [1.29, 1.82) is 0 Å². The van der Waals surface area contributed by atoms with Crippen LogP contribution in [0, 0.1) is 0 Å². The predicted octanol–water partition coefficient (Wildman–Crippen LogP) is 2.90. The predicted molar refractivity (Wildman–Crippen MR) is 75.4 cm³/mol. The van der Waals surface area contributed by atoms with Gasteiger partial charge in [0.2, 0.25) is 5.91 Å². The van der Waals surface area contributed by atoms with Crippen LogP contribution in [0.15, 0.2) is 17.8 Å². The molecular formula is C14H17F4N3O3. The minimum atomic E-state index is -3.07. The Morgan fingerprint density at radius 3 is 2.46 bits per heavy atom. The molecule has 0 fully saturated rings. The first-order valence-corrected chi connectivity index (χ1v) is 6.98. The third-order valence-electron chi connectivity index (χ3n) is 2.92. The number of carbonyl (C=O) groups is 2. The van der Waals surface area contributed by atoms with Crippen molar-refractivity contribution in [3.05, 3.63) is 29.2 Å². The van der Waals surface area contributed by atoms with Gasteiger partial charge in [-0.25, -0.2) is 22.4 Å². The van der Waals surface area contributed by atoms with Crippen molar-refractivity contribution in [3.63, 3.8) is 0 Å². The maximum absolute atomic E-state index is 12.9. The fourth-order valence-electron chi connectivity index (χ4n) is 1.82. The van der Waals surface area contributed by atoms with Gasteiger partial charge in [0, 0.05) is 11.8 Å². The molecule has 0 aliphatic rings. The summed E-state index contributed by atoms with van der Waals surface area (Å²) in [6.07, 6.45) is -5.10. The molecule has 1 aromatic rings. The average Bonchev–Trinajstić information content (AvgIpc) is 2.91. The standard InChI is InChI=1S/C14H17F4N3O3/c1-4-24-11(22)5-7(2)19-14(23)8(3)21-10(13(17)18)6-9(20-21)12(15)16/h5-6,8,12-13H,4H2,1-3H3,(H,19,23)/b7-5+. The molecule has 24 heavy (non-hydrogen) atoms. The Hall–Kier alpha value is -2.39. The van der Waals surface area contributed by atoms with Crippen LogP contribution in [0.1, 0.15) is 51.1 Å². The molecule has 0 radical (unpaired) electrons. The molecule has 134 valence electrons. The molecular weight excluding hydrogens is 334 g/mol. The van der Waals surface area contributed by atoms with Crippen LogP contribution in [0.2, 0.25) is 0 Å². The Kier molecular flexibility index (Phi) is 6.93. The van der Waals surface area contributed by atoms with E-state index in [1.54, 1.807) is 6.92 Å². The summed E-state index contributed by atoms with van der Waals surface area (Å²) in [4.78, 5) is 23.3. The molecule has 0 saturated carbocycles. The Morgan fingerprint density at radius 2 is 1.96 bits per heavy atom. The van der Waals surface area contributed by atoms with Gasteiger partial charge in [0.1, 0.15) is 17.4 Å². The lowest BCUT2D eigenvalue weighted by Gasteiger charge is -2.15. The lowest BCUT2D eigenvalue weighted by Crippen LogP contribution is -2.31. The van der Waals surface area contributed by atoms with Crippen molar-refractivity contribution in [3.8, 4) is 0 Å². The molecule has 10 heteroatoms. The normalized spacial score (nSPS) is 13.3. The van der Waals surface area contributed by atoms with Crippen molar-refractivity contribution >= 4 is 11.9 Å². The topological polar surface area (TPSA) is 73.2 Å². The van der Waals surface area contributed by atoms with Crippen LogP contribution < -0.4 is 5.32 Å². The molecule has 1 heterocycles. The monoisotopic (exact) mass is 351 g/mol. The van der Waals surface area contributed by atoms with Gasteiger partial charge in [-0.1, -0.05) is 0 Å². The van der Waals surface area contributed by atoms with E-state index in [9.17, 15) is 27.2 Å². The third-order valence-corrected chi connectivity index (χ3v) is 2.92. The molecule has 1 N–H and O–H groups in total. The molecule has 0 aromatic carbocycles. The second kappa shape index (κ2) is 8.46. The van der Waals surface area contributed by atoms with Gasteiger partial charge in [0.15, 0.2) is 0 Å². The van der Waals surface area contributed by atoms with Gasteiger partial charge >= 0.3 is 5.97 Å². The van der Waals surface area contributed by atoms with Crippen LogP contribution in [0.3, 0.4) is 0 Å². The van der Waals surface area contributed by atoms with E-state index in [1.807, 2.05) is 0 Å². The molecule has 1 unspecified atom stereocenters. The Balaban J connectivity index is 2.95. The van der Waals surface area contributed by atoms with Crippen LogP contribution in [0.4, 0.5) is 17.6 Å². The Morgan fingerprint density at radius 1 is 1.33 bits per heavy atom. The zero-order valence-electron chi connectivity index (χ0n) is 13.2. The summed E-state index contributed by atoms with van der Waals surface area (Å²) in [6, 6.07) is -0.729. The number of allylic oxidation sites excluding steroid dienone is 1.